The summed E-state index contributed by atoms with van der Waals surface area (Å²) in [7, 11) is 4.21. The molecule has 0 aromatic carbocycles. The van der Waals surface area contributed by atoms with E-state index in [2.05, 4.69) is 30.9 Å². The van der Waals surface area contributed by atoms with E-state index >= 15 is 0 Å². The van der Waals surface area contributed by atoms with Crippen LogP contribution in [0.2, 0.25) is 0 Å². The number of carbonyl (C=O) groups excluding carboxylic acids is 1. The van der Waals surface area contributed by atoms with E-state index in [1.165, 1.54) is 19.4 Å². The van der Waals surface area contributed by atoms with E-state index in [1.807, 2.05) is 33.8 Å². The molecule has 0 bridgehead atoms. The van der Waals surface area contributed by atoms with Crippen molar-refractivity contribution in [2.24, 2.45) is 0 Å². The number of carbonyl (C=O) groups is 1. The average molecular weight is 298 g/mol. The number of aromatic nitrogens is 1. The van der Waals surface area contributed by atoms with Crippen molar-refractivity contribution < 1.29 is 9.53 Å². The number of esters is 1. The van der Waals surface area contributed by atoms with Crippen molar-refractivity contribution in [3.8, 4) is 0 Å². The van der Waals surface area contributed by atoms with Crippen LogP contribution < -0.4 is 0 Å². The molecule has 4 nitrogen and oxygen atoms in total. The maximum atomic E-state index is 11.2. The third kappa shape index (κ3) is 11.1. The Hall–Kier alpha value is -1.29. The van der Waals surface area contributed by atoms with Gasteiger partial charge in [0.1, 0.15) is 5.69 Å². The normalized spacial score (nSPS) is 9.38. The van der Waals surface area contributed by atoms with Crippen molar-refractivity contribution in [3.05, 3.63) is 23.0 Å². The van der Waals surface area contributed by atoms with Gasteiger partial charge in [0.2, 0.25) is 0 Å². The lowest BCUT2D eigenvalue weighted by Crippen LogP contribution is -2.12. The van der Waals surface area contributed by atoms with Crippen LogP contribution in [0.1, 0.15) is 62.3 Å². The van der Waals surface area contributed by atoms with Gasteiger partial charge in [0, 0.05) is 5.69 Å². The van der Waals surface area contributed by atoms with Gasteiger partial charge in [-0.05, 0) is 59.5 Å². The van der Waals surface area contributed by atoms with Gasteiger partial charge in [-0.1, -0.05) is 27.2 Å². The lowest BCUT2D eigenvalue weighted by Gasteiger charge is -2.05. The van der Waals surface area contributed by atoms with Crippen LogP contribution in [0.25, 0.3) is 0 Å². The minimum atomic E-state index is -0.275. The van der Waals surface area contributed by atoms with E-state index in [-0.39, 0.29) is 5.97 Å². The molecule has 0 atom stereocenters. The van der Waals surface area contributed by atoms with E-state index < -0.39 is 0 Å². The fourth-order valence-electron chi connectivity index (χ4n) is 1.62. The summed E-state index contributed by atoms with van der Waals surface area (Å²) in [5, 5.41) is 0. The summed E-state index contributed by atoms with van der Waals surface area (Å²) >= 11 is 0. The highest BCUT2D eigenvalue weighted by Gasteiger charge is 2.11. The van der Waals surface area contributed by atoms with Gasteiger partial charge in [-0.25, -0.2) is 4.79 Å². The van der Waals surface area contributed by atoms with E-state index in [9.17, 15) is 4.79 Å². The molecular weight excluding hydrogens is 264 g/mol. The highest BCUT2D eigenvalue weighted by molar-refractivity contribution is 5.89. The number of hydrogen-bond acceptors (Lipinski definition) is 3. The van der Waals surface area contributed by atoms with E-state index in [0.29, 0.717) is 12.3 Å². The zero-order valence-corrected chi connectivity index (χ0v) is 15.2. The Labute approximate surface area is 130 Å². The molecule has 0 amide bonds. The van der Waals surface area contributed by atoms with Gasteiger partial charge in [0.25, 0.3) is 0 Å². The number of unbranched alkanes of at least 4 members (excludes halogenated alkanes) is 1. The van der Waals surface area contributed by atoms with Crippen molar-refractivity contribution >= 4 is 5.97 Å². The maximum Gasteiger partial charge on any atom is 0.355 e. The third-order valence-electron chi connectivity index (χ3n) is 2.59. The molecule has 1 aromatic heterocycles. The summed E-state index contributed by atoms with van der Waals surface area (Å²) in [6, 6.07) is 1.92. The Morgan fingerprint density at radius 1 is 1.24 bits per heavy atom. The number of hydrogen-bond donors (Lipinski definition) is 1. The van der Waals surface area contributed by atoms with Crippen LogP contribution in [0, 0.1) is 13.8 Å². The Bertz CT molecular complexity index is 371. The quantitative estimate of drug-likeness (QED) is 0.829. The minimum Gasteiger partial charge on any atom is -0.461 e. The molecule has 21 heavy (non-hydrogen) atoms. The van der Waals surface area contributed by atoms with Gasteiger partial charge in [-0.2, -0.15) is 0 Å². The fraction of sp³-hybridized carbons (Fsp3) is 0.706. The second-order valence-corrected chi connectivity index (χ2v) is 4.89. The van der Waals surface area contributed by atoms with Crippen molar-refractivity contribution in [1.29, 1.82) is 0 Å². The van der Waals surface area contributed by atoms with Gasteiger partial charge < -0.3 is 14.6 Å². The van der Waals surface area contributed by atoms with E-state index in [1.54, 1.807) is 6.92 Å². The molecule has 0 unspecified atom stereocenters. The van der Waals surface area contributed by atoms with Crippen LogP contribution in [0.15, 0.2) is 6.07 Å². The molecule has 0 spiro atoms. The van der Waals surface area contributed by atoms with Crippen molar-refractivity contribution in [2.75, 3.05) is 27.2 Å². The summed E-state index contributed by atoms with van der Waals surface area (Å²) in [4.78, 5) is 16.4. The molecule has 0 radical (unpaired) electrons. The molecule has 0 aliphatic carbocycles. The highest BCUT2D eigenvalue weighted by Crippen LogP contribution is 2.09. The van der Waals surface area contributed by atoms with Gasteiger partial charge in [0.15, 0.2) is 0 Å². The van der Waals surface area contributed by atoms with Crippen LogP contribution >= 0.6 is 0 Å². The first kappa shape index (κ1) is 22.0. The number of ether oxygens (including phenoxy) is 1. The highest BCUT2D eigenvalue weighted by atomic mass is 16.5. The number of aryl methyl sites for hydroxylation is 2. The number of rotatable bonds is 5. The maximum absolute atomic E-state index is 11.2. The molecule has 1 aromatic rings. The first-order valence-electron chi connectivity index (χ1n) is 7.90. The van der Waals surface area contributed by atoms with Crippen LogP contribution in [-0.4, -0.2) is 43.1 Å². The Morgan fingerprint density at radius 2 is 1.81 bits per heavy atom. The van der Waals surface area contributed by atoms with Gasteiger partial charge >= 0.3 is 5.97 Å². The first-order valence-corrected chi connectivity index (χ1v) is 7.90. The number of H-pyrrole nitrogens is 1. The second kappa shape index (κ2) is 13.7. The average Bonchev–Trinajstić information content (AvgIpc) is 2.79. The fourth-order valence-corrected chi connectivity index (χ4v) is 1.62. The smallest absolute Gasteiger partial charge is 0.355 e. The van der Waals surface area contributed by atoms with Crippen LogP contribution in [0.3, 0.4) is 0 Å². The second-order valence-electron chi connectivity index (χ2n) is 4.89. The van der Waals surface area contributed by atoms with Crippen LogP contribution in [0.4, 0.5) is 0 Å². The molecule has 0 fully saturated rings. The van der Waals surface area contributed by atoms with Crippen LogP contribution in [-0.2, 0) is 4.74 Å². The van der Waals surface area contributed by atoms with Crippen molar-refractivity contribution in [1.82, 2.24) is 9.88 Å². The summed E-state index contributed by atoms with van der Waals surface area (Å²) < 4.78 is 4.85. The number of nitrogens with one attached hydrogen (secondary N) is 1. The monoisotopic (exact) mass is 298 g/mol. The summed E-state index contributed by atoms with van der Waals surface area (Å²) in [5.74, 6) is -0.275. The molecule has 0 saturated carbocycles. The standard InChI is InChI=1S/C9H13NO2.C6H15N.C2H6/c1-4-12-9(11)8-6(2)5-7(3)10-8;1-4-5-6-7(2)3;1-2/h5,10H,4H2,1-3H3;4-6H2,1-3H3;1-2H3. The number of aromatic amines is 1. The molecule has 1 heterocycles. The summed E-state index contributed by atoms with van der Waals surface area (Å²) in [6.45, 7) is 13.4. The Kier molecular flexibility index (Phi) is 14.3. The van der Waals surface area contributed by atoms with Gasteiger partial charge in [-0.3, -0.25) is 0 Å². The first-order chi connectivity index (χ1) is 9.92. The van der Waals surface area contributed by atoms with Crippen LogP contribution in [0.5, 0.6) is 0 Å². The lowest BCUT2D eigenvalue weighted by atomic mass is 10.3. The van der Waals surface area contributed by atoms with E-state index in [4.69, 9.17) is 4.74 Å². The predicted octanol–water partition coefficient (Wildman–Crippen LogP) is 4.18. The topological polar surface area (TPSA) is 45.3 Å². The molecule has 124 valence electrons. The third-order valence-corrected chi connectivity index (χ3v) is 2.59. The summed E-state index contributed by atoms with van der Waals surface area (Å²) in [5.41, 5.74) is 2.48. The predicted molar refractivity (Wildman–Crippen MR) is 91.0 cm³/mol. The lowest BCUT2D eigenvalue weighted by molar-refractivity contribution is 0.0519. The number of nitrogens with zero attached hydrogens (tertiary/aromatic N) is 1. The molecule has 0 saturated heterocycles. The largest absolute Gasteiger partial charge is 0.461 e. The van der Waals surface area contributed by atoms with E-state index in [0.717, 1.165) is 11.3 Å². The molecular formula is C17H34N2O2. The molecule has 4 heteroatoms. The zero-order valence-electron chi connectivity index (χ0n) is 15.2. The summed E-state index contributed by atoms with van der Waals surface area (Å²) in [6.07, 6.45) is 2.63. The molecule has 1 rings (SSSR count). The Balaban J connectivity index is 0. The zero-order chi connectivity index (χ0) is 16.8. The molecule has 0 aliphatic rings. The molecule has 1 N–H and O–H groups in total. The van der Waals surface area contributed by atoms with Gasteiger partial charge in [0.05, 0.1) is 6.61 Å². The Morgan fingerprint density at radius 3 is 2.10 bits per heavy atom. The minimum absolute atomic E-state index is 0.275. The van der Waals surface area contributed by atoms with Gasteiger partial charge in [-0.15, -0.1) is 0 Å². The van der Waals surface area contributed by atoms with Crippen molar-refractivity contribution in [3.63, 3.8) is 0 Å². The molecule has 0 aliphatic heterocycles. The SMILES string of the molecule is CC.CCCCN(C)C.CCOC(=O)c1[nH]c(C)cc1C. The van der Waals surface area contributed by atoms with Crippen molar-refractivity contribution in [2.45, 2.75) is 54.4 Å².